The second kappa shape index (κ2) is 17.3. The quantitative estimate of drug-likeness (QED) is 0.165. The Morgan fingerprint density at radius 1 is 0.852 bits per heavy atom. The van der Waals surface area contributed by atoms with E-state index in [1.165, 1.54) is 70.6 Å². The zero-order valence-electron chi connectivity index (χ0n) is 18.6. The molecule has 0 fully saturated rings. The largest absolute Gasteiger partial charge is 0.460 e. The SMILES string of the molecule is CCCCCCCC/C=C/CCCCCCCC(O)CC(=O)OC(C)(C)C. The van der Waals surface area contributed by atoms with E-state index >= 15 is 0 Å². The Morgan fingerprint density at radius 2 is 1.33 bits per heavy atom. The Bertz CT molecular complexity index is 368. The lowest BCUT2D eigenvalue weighted by Crippen LogP contribution is -2.26. The van der Waals surface area contributed by atoms with Crippen LogP contribution in [0.3, 0.4) is 0 Å². The molecule has 0 heterocycles. The molecule has 0 aliphatic heterocycles. The Hall–Kier alpha value is -0.830. The van der Waals surface area contributed by atoms with Gasteiger partial charge in [0.1, 0.15) is 5.60 Å². The Morgan fingerprint density at radius 3 is 1.85 bits per heavy atom. The number of allylic oxidation sites excluding steroid dienone is 2. The van der Waals surface area contributed by atoms with E-state index in [-0.39, 0.29) is 12.4 Å². The molecule has 27 heavy (non-hydrogen) atoms. The monoisotopic (exact) mass is 382 g/mol. The first-order valence-electron chi connectivity index (χ1n) is 11.4. The predicted octanol–water partition coefficient (Wildman–Crippen LogP) is 7.12. The van der Waals surface area contributed by atoms with E-state index in [1.807, 2.05) is 20.8 Å². The summed E-state index contributed by atoms with van der Waals surface area (Å²) in [5, 5.41) is 9.91. The first-order chi connectivity index (χ1) is 12.8. The lowest BCUT2D eigenvalue weighted by Gasteiger charge is -2.20. The van der Waals surface area contributed by atoms with Crippen LogP contribution in [0.25, 0.3) is 0 Å². The molecule has 0 aliphatic carbocycles. The van der Waals surface area contributed by atoms with Crippen LogP contribution >= 0.6 is 0 Å². The predicted molar refractivity (Wildman–Crippen MR) is 116 cm³/mol. The smallest absolute Gasteiger partial charge is 0.308 e. The van der Waals surface area contributed by atoms with Crippen molar-refractivity contribution in [2.45, 2.75) is 136 Å². The molecule has 0 amide bonds. The minimum atomic E-state index is -0.565. The second-order valence-electron chi connectivity index (χ2n) is 8.82. The average molecular weight is 383 g/mol. The first kappa shape index (κ1) is 26.2. The van der Waals surface area contributed by atoms with Crippen LogP contribution in [0, 0.1) is 0 Å². The van der Waals surface area contributed by atoms with Crippen molar-refractivity contribution in [1.82, 2.24) is 0 Å². The van der Waals surface area contributed by atoms with E-state index in [0.29, 0.717) is 6.42 Å². The highest BCUT2D eigenvalue weighted by Crippen LogP contribution is 2.14. The third-order valence-corrected chi connectivity index (χ3v) is 4.62. The number of esters is 1. The molecule has 0 bridgehead atoms. The Kier molecular flexibility index (Phi) is 16.7. The van der Waals surface area contributed by atoms with E-state index in [4.69, 9.17) is 4.74 Å². The number of hydrogen-bond donors (Lipinski definition) is 1. The van der Waals surface area contributed by atoms with Crippen molar-refractivity contribution in [1.29, 1.82) is 0 Å². The normalized spacial score (nSPS) is 13.2. The Labute approximate surface area is 169 Å². The second-order valence-corrected chi connectivity index (χ2v) is 8.82. The van der Waals surface area contributed by atoms with Gasteiger partial charge >= 0.3 is 5.97 Å². The van der Waals surface area contributed by atoms with Crippen molar-refractivity contribution in [3.05, 3.63) is 12.2 Å². The minimum Gasteiger partial charge on any atom is -0.460 e. The minimum absolute atomic E-state index is 0.112. The summed E-state index contributed by atoms with van der Waals surface area (Å²) in [6.45, 7) is 7.81. The summed E-state index contributed by atoms with van der Waals surface area (Å²) in [5.74, 6) is -0.303. The van der Waals surface area contributed by atoms with Crippen molar-refractivity contribution in [2.24, 2.45) is 0 Å². The van der Waals surface area contributed by atoms with Gasteiger partial charge in [0.25, 0.3) is 0 Å². The number of unbranched alkanes of at least 4 members (excludes halogenated alkanes) is 11. The molecule has 0 rings (SSSR count). The van der Waals surface area contributed by atoms with E-state index in [1.54, 1.807) is 0 Å². The van der Waals surface area contributed by atoms with Gasteiger partial charge in [-0.15, -0.1) is 0 Å². The van der Waals surface area contributed by atoms with Crippen LogP contribution in [0.2, 0.25) is 0 Å². The molecule has 3 heteroatoms. The summed E-state index contributed by atoms with van der Waals surface area (Å²) in [4.78, 5) is 11.6. The highest BCUT2D eigenvalue weighted by atomic mass is 16.6. The maximum atomic E-state index is 11.6. The summed E-state index contributed by atoms with van der Waals surface area (Å²) in [6.07, 6.45) is 21.4. The van der Waals surface area contributed by atoms with Gasteiger partial charge in [-0.05, 0) is 52.9 Å². The van der Waals surface area contributed by atoms with Crippen molar-refractivity contribution >= 4 is 5.97 Å². The third-order valence-electron chi connectivity index (χ3n) is 4.62. The van der Waals surface area contributed by atoms with Crippen molar-refractivity contribution < 1.29 is 14.6 Å². The topological polar surface area (TPSA) is 46.5 Å². The zero-order chi connectivity index (χ0) is 20.4. The highest BCUT2D eigenvalue weighted by Gasteiger charge is 2.18. The van der Waals surface area contributed by atoms with E-state index in [0.717, 1.165) is 12.8 Å². The molecule has 0 saturated heterocycles. The lowest BCUT2D eigenvalue weighted by atomic mass is 10.0. The lowest BCUT2D eigenvalue weighted by molar-refractivity contribution is -0.157. The van der Waals surface area contributed by atoms with Gasteiger partial charge in [0.05, 0.1) is 12.5 Å². The fourth-order valence-electron chi connectivity index (χ4n) is 3.13. The molecule has 0 aliphatic rings. The van der Waals surface area contributed by atoms with Crippen molar-refractivity contribution in [2.75, 3.05) is 0 Å². The Balaban J connectivity index is 3.37. The molecule has 3 nitrogen and oxygen atoms in total. The molecule has 1 atom stereocenters. The standard InChI is InChI=1S/C24H46O3/c1-5-6-7-8-9-10-11-12-13-14-15-16-17-18-19-20-22(25)21-23(26)27-24(2,3)4/h12-13,22,25H,5-11,14-21H2,1-4H3/b13-12+. The van der Waals surface area contributed by atoms with Crippen LogP contribution < -0.4 is 0 Å². The zero-order valence-corrected chi connectivity index (χ0v) is 18.6. The maximum absolute atomic E-state index is 11.6. The van der Waals surface area contributed by atoms with E-state index in [2.05, 4.69) is 19.1 Å². The molecule has 0 radical (unpaired) electrons. The van der Waals surface area contributed by atoms with E-state index < -0.39 is 11.7 Å². The van der Waals surface area contributed by atoms with Crippen LogP contribution in [0.5, 0.6) is 0 Å². The number of aliphatic hydroxyl groups excluding tert-OH is 1. The highest BCUT2D eigenvalue weighted by molar-refractivity contribution is 5.70. The molecule has 0 saturated carbocycles. The van der Waals surface area contributed by atoms with E-state index in [9.17, 15) is 9.90 Å². The molecule has 1 unspecified atom stereocenters. The van der Waals surface area contributed by atoms with Gasteiger partial charge in [0, 0.05) is 0 Å². The molecule has 1 N–H and O–H groups in total. The molecular weight excluding hydrogens is 336 g/mol. The van der Waals surface area contributed by atoms with Crippen LogP contribution in [-0.4, -0.2) is 22.8 Å². The summed E-state index contributed by atoms with van der Waals surface area (Å²) in [6, 6.07) is 0. The van der Waals surface area contributed by atoms with Crippen LogP contribution in [0.15, 0.2) is 12.2 Å². The molecule has 0 aromatic heterocycles. The summed E-state index contributed by atoms with van der Waals surface area (Å²) in [7, 11) is 0. The van der Waals surface area contributed by atoms with Crippen molar-refractivity contribution in [3.63, 3.8) is 0 Å². The summed E-state index contributed by atoms with van der Waals surface area (Å²) in [5.41, 5.74) is -0.472. The van der Waals surface area contributed by atoms with Gasteiger partial charge in [-0.3, -0.25) is 4.79 Å². The third kappa shape index (κ3) is 21.3. The molecule has 0 aromatic carbocycles. The molecular formula is C24H46O3. The summed E-state index contributed by atoms with van der Waals surface area (Å²) >= 11 is 0. The number of ether oxygens (including phenoxy) is 1. The van der Waals surface area contributed by atoms with Gasteiger partial charge < -0.3 is 9.84 Å². The molecule has 0 spiro atoms. The number of hydrogen-bond acceptors (Lipinski definition) is 3. The number of carbonyl (C=O) groups is 1. The van der Waals surface area contributed by atoms with Crippen LogP contribution in [0.1, 0.15) is 124 Å². The van der Waals surface area contributed by atoms with Crippen molar-refractivity contribution in [3.8, 4) is 0 Å². The summed E-state index contributed by atoms with van der Waals surface area (Å²) < 4.78 is 5.23. The first-order valence-corrected chi connectivity index (χ1v) is 11.4. The van der Waals surface area contributed by atoms with Gasteiger partial charge in [-0.2, -0.15) is 0 Å². The molecule has 0 aromatic rings. The fraction of sp³-hybridized carbons (Fsp3) is 0.875. The van der Waals surface area contributed by atoms with Gasteiger partial charge in [-0.1, -0.05) is 76.9 Å². The molecule has 160 valence electrons. The van der Waals surface area contributed by atoms with Crippen LogP contribution in [-0.2, 0) is 9.53 Å². The van der Waals surface area contributed by atoms with Gasteiger partial charge in [0.15, 0.2) is 0 Å². The average Bonchev–Trinajstić information content (AvgIpc) is 2.56. The van der Waals surface area contributed by atoms with Gasteiger partial charge in [-0.25, -0.2) is 0 Å². The number of aliphatic hydroxyl groups is 1. The van der Waals surface area contributed by atoms with Crippen LogP contribution in [0.4, 0.5) is 0 Å². The number of carbonyl (C=O) groups excluding carboxylic acids is 1. The number of rotatable bonds is 17. The maximum Gasteiger partial charge on any atom is 0.308 e. The van der Waals surface area contributed by atoms with Gasteiger partial charge in [0.2, 0.25) is 0 Å². The fourth-order valence-corrected chi connectivity index (χ4v) is 3.13.